The molecule has 15 heavy (non-hydrogen) atoms. The van der Waals surface area contributed by atoms with E-state index in [1.54, 1.807) is 0 Å². The summed E-state index contributed by atoms with van der Waals surface area (Å²) in [6.45, 7) is 10.6. The van der Waals surface area contributed by atoms with Gasteiger partial charge < -0.3 is 5.32 Å². The zero-order chi connectivity index (χ0) is 11.1. The Hall–Kier alpha value is -0.0400. The van der Waals surface area contributed by atoms with Crippen molar-refractivity contribution in [2.75, 3.05) is 6.54 Å². The third-order valence-corrected chi connectivity index (χ3v) is 4.87. The summed E-state index contributed by atoms with van der Waals surface area (Å²) in [5.41, 5.74) is 0.400. The van der Waals surface area contributed by atoms with Gasteiger partial charge in [-0.25, -0.2) is 0 Å². The molecule has 2 fully saturated rings. The Morgan fingerprint density at radius 2 is 1.93 bits per heavy atom. The van der Waals surface area contributed by atoms with Crippen LogP contribution in [0, 0.1) is 23.2 Å². The third kappa shape index (κ3) is 2.55. The highest BCUT2D eigenvalue weighted by Gasteiger charge is 2.39. The van der Waals surface area contributed by atoms with Crippen molar-refractivity contribution in [3.63, 3.8) is 0 Å². The van der Waals surface area contributed by atoms with Crippen LogP contribution in [-0.4, -0.2) is 12.6 Å². The van der Waals surface area contributed by atoms with E-state index in [0.717, 1.165) is 17.8 Å². The molecular formula is C14H27N. The minimum Gasteiger partial charge on any atom is -0.313 e. The lowest BCUT2D eigenvalue weighted by atomic mass is 9.85. The van der Waals surface area contributed by atoms with E-state index in [4.69, 9.17) is 0 Å². The number of nitrogens with one attached hydrogen (secondary N) is 1. The van der Waals surface area contributed by atoms with Gasteiger partial charge >= 0.3 is 0 Å². The Kier molecular flexibility index (Phi) is 3.12. The van der Waals surface area contributed by atoms with E-state index in [9.17, 15) is 0 Å². The van der Waals surface area contributed by atoms with Crippen LogP contribution in [0.2, 0.25) is 0 Å². The highest BCUT2D eigenvalue weighted by Crippen LogP contribution is 2.48. The maximum atomic E-state index is 3.75. The number of hydrogen-bond donors (Lipinski definition) is 1. The van der Waals surface area contributed by atoms with Gasteiger partial charge in [-0.15, -0.1) is 0 Å². The molecule has 4 unspecified atom stereocenters. The fraction of sp³-hybridized carbons (Fsp3) is 1.00. The molecule has 0 aromatic rings. The van der Waals surface area contributed by atoms with Crippen LogP contribution in [0.1, 0.15) is 53.4 Å². The van der Waals surface area contributed by atoms with Crippen LogP contribution in [-0.2, 0) is 0 Å². The lowest BCUT2D eigenvalue weighted by Gasteiger charge is -2.31. The van der Waals surface area contributed by atoms with Gasteiger partial charge in [0.25, 0.3) is 0 Å². The first kappa shape index (κ1) is 11.4. The lowest BCUT2D eigenvalue weighted by Crippen LogP contribution is -2.41. The molecule has 1 nitrogen and oxygen atoms in total. The molecular weight excluding hydrogens is 182 g/mol. The molecule has 2 bridgehead atoms. The van der Waals surface area contributed by atoms with Gasteiger partial charge in [0.15, 0.2) is 0 Å². The van der Waals surface area contributed by atoms with Crippen LogP contribution in [0.5, 0.6) is 0 Å². The van der Waals surface area contributed by atoms with Crippen molar-refractivity contribution in [2.24, 2.45) is 23.2 Å². The second-order valence-corrected chi connectivity index (χ2v) is 6.93. The predicted molar refractivity (Wildman–Crippen MR) is 65.9 cm³/mol. The topological polar surface area (TPSA) is 12.0 Å². The Morgan fingerprint density at radius 1 is 1.20 bits per heavy atom. The SMILES string of the molecule is CC(NCC1CC2CCC1C2)C(C)(C)C. The van der Waals surface area contributed by atoms with Crippen LogP contribution in [0.25, 0.3) is 0 Å². The summed E-state index contributed by atoms with van der Waals surface area (Å²) in [5.74, 6) is 3.15. The van der Waals surface area contributed by atoms with Gasteiger partial charge in [-0.1, -0.05) is 27.2 Å². The van der Waals surface area contributed by atoms with Gasteiger partial charge in [0, 0.05) is 6.04 Å². The standard InChI is InChI=1S/C14H27N/c1-10(14(2,3)4)15-9-13-8-11-5-6-12(13)7-11/h10-13,15H,5-9H2,1-4H3. The summed E-state index contributed by atoms with van der Waals surface area (Å²) in [5, 5.41) is 3.75. The maximum absolute atomic E-state index is 3.75. The molecule has 2 saturated carbocycles. The van der Waals surface area contributed by atoms with Gasteiger partial charge in [-0.3, -0.25) is 0 Å². The summed E-state index contributed by atoms with van der Waals surface area (Å²) in [6.07, 6.45) is 6.08. The minimum absolute atomic E-state index is 0.400. The smallest absolute Gasteiger partial charge is 0.00873 e. The van der Waals surface area contributed by atoms with Crippen LogP contribution in [0.3, 0.4) is 0 Å². The molecule has 0 aromatic carbocycles. The fourth-order valence-electron chi connectivity index (χ4n) is 3.26. The summed E-state index contributed by atoms with van der Waals surface area (Å²) in [6, 6.07) is 0.636. The summed E-state index contributed by atoms with van der Waals surface area (Å²) in [4.78, 5) is 0. The first-order valence-corrected chi connectivity index (χ1v) is 6.70. The molecule has 1 N–H and O–H groups in total. The number of fused-ring (bicyclic) bond motifs is 2. The zero-order valence-electron chi connectivity index (χ0n) is 10.8. The van der Waals surface area contributed by atoms with Crippen molar-refractivity contribution >= 4 is 0 Å². The molecule has 0 radical (unpaired) electrons. The van der Waals surface area contributed by atoms with Gasteiger partial charge in [0.05, 0.1) is 0 Å². The van der Waals surface area contributed by atoms with Crippen LogP contribution >= 0.6 is 0 Å². The monoisotopic (exact) mass is 209 g/mol. The second-order valence-electron chi connectivity index (χ2n) is 6.93. The van der Waals surface area contributed by atoms with Crippen molar-refractivity contribution in [3.8, 4) is 0 Å². The molecule has 4 atom stereocenters. The molecule has 0 heterocycles. The summed E-state index contributed by atoms with van der Waals surface area (Å²) >= 11 is 0. The normalized spacial score (nSPS) is 37.2. The average Bonchev–Trinajstić information content (AvgIpc) is 2.73. The maximum Gasteiger partial charge on any atom is 0.00873 e. The molecule has 0 spiro atoms. The minimum atomic E-state index is 0.400. The van der Waals surface area contributed by atoms with Gasteiger partial charge in [-0.2, -0.15) is 0 Å². The van der Waals surface area contributed by atoms with Gasteiger partial charge in [-0.05, 0) is 55.9 Å². The van der Waals surface area contributed by atoms with Gasteiger partial charge in [0.2, 0.25) is 0 Å². The Bertz CT molecular complexity index is 216. The zero-order valence-corrected chi connectivity index (χ0v) is 10.8. The van der Waals surface area contributed by atoms with Crippen LogP contribution in [0.4, 0.5) is 0 Å². The highest BCUT2D eigenvalue weighted by atomic mass is 14.9. The van der Waals surface area contributed by atoms with Crippen molar-refractivity contribution in [2.45, 2.75) is 59.4 Å². The molecule has 0 saturated heterocycles. The predicted octanol–water partition coefficient (Wildman–Crippen LogP) is 3.45. The lowest BCUT2D eigenvalue weighted by molar-refractivity contribution is 0.246. The molecule has 88 valence electrons. The molecule has 1 heteroatoms. The molecule has 2 rings (SSSR count). The van der Waals surface area contributed by atoms with E-state index in [1.165, 1.54) is 32.2 Å². The summed E-state index contributed by atoms with van der Waals surface area (Å²) in [7, 11) is 0. The van der Waals surface area contributed by atoms with Crippen molar-refractivity contribution in [3.05, 3.63) is 0 Å². The molecule has 2 aliphatic rings. The van der Waals surface area contributed by atoms with E-state index in [0.29, 0.717) is 11.5 Å². The largest absolute Gasteiger partial charge is 0.313 e. The molecule has 0 aliphatic heterocycles. The average molecular weight is 209 g/mol. The van der Waals surface area contributed by atoms with Crippen LogP contribution in [0.15, 0.2) is 0 Å². The first-order valence-electron chi connectivity index (χ1n) is 6.70. The molecule has 0 aromatic heterocycles. The Balaban J connectivity index is 1.75. The summed E-state index contributed by atoms with van der Waals surface area (Å²) < 4.78 is 0. The Labute approximate surface area is 95.0 Å². The van der Waals surface area contributed by atoms with E-state index in [1.807, 2.05) is 0 Å². The van der Waals surface area contributed by atoms with Gasteiger partial charge in [0.1, 0.15) is 0 Å². The Morgan fingerprint density at radius 3 is 2.40 bits per heavy atom. The fourth-order valence-corrected chi connectivity index (χ4v) is 3.26. The van der Waals surface area contributed by atoms with E-state index >= 15 is 0 Å². The highest BCUT2D eigenvalue weighted by molar-refractivity contribution is 4.91. The molecule has 0 amide bonds. The van der Waals surface area contributed by atoms with Crippen LogP contribution < -0.4 is 5.32 Å². The van der Waals surface area contributed by atoms with Crippen molar-refractivity contribution < 1.29 is 0 Å². The van der Waals surface area contributed by atoms with E-state index < -0.39 is 0 Å². The number of hydrogen-bond acceptors (Lipinski definition) is 1. The van der Waals surface area contributed by atoms with Crippen molar-refractivity contribution in [1.29, 1.82) is 0 Å². The van der Waals surface area contributed by atoms with E-state index in [-0.39, 0.29) is 0 Å². The molecule has 2 aliphatic carbocycles. The van der Waals surface area contributed by atoms with Crippen molar-refractivity contribution in [1.82, 2.24) is 5.32 Å². The third-order valence-electron chi connectivity index (χ3n) is 4.87. The first-order chi connectivity index (χ1) is 6.97. The second kappa shape index (κ2) is 4.08. The van der Waals surface area contributed by atoms with E-state index in [2.05, 4.69) is 33.0 Å². The quantitative estimate of drug-likeness (QED) is 0.750. The number of rotatable bonds is 3.